The average Bonchev–Trinajstić information content (AvgIpc) is 3.02. The van der Waals surface area contributed by atoms with Crippen molar-refractivity contribution in [2.45, 2.75) is 25.3 Å². The minimum Gasteiger partial charge on any atom is -0.326 e. The number of nitrogens with zero attached hydrogens (tertiary/aromatic N) is 3. The molecule has 0 spiro atoms. The summed E-state index contributed by atoms with van der Waals surface area (Å²) in [7, 11) is 0. The molecule has 0 saturated heterocycles. The van der Waals surface area contributed by atoms with Gasteiger partial charge in [-0.1, -0.05) is 30.3 Å². The lowest BCUT2D eigenvalue weighted by Crippen LogP contribution is -2.18. The van der Waals surface area contributed by atoms with E-state index >= 15 is 0 Å². The van der Waals surface area contributed by atoms with E-state index in [0.29, 0.717) is 17.9 Å². The molecule has 2 heterocycles. The summed E-state index contributed by atoms with van der Waals surface area (Å²) in [6.07, 6.45) is 1.73. The van der Waals surface area contributed by atoms with Gasteiger partial charge in [-0.2, -0.15) is 5.26 Å². The fourth-order valence-corrected chi connectivity index (χ4v) is 4.45. The molecule has 4 aromatic rings. The van der Waals surface area contributed by atoms with E-state index in [-0.39, 0.29) is 17.5 Å². The van der Waals surface area contributed by atoms with Crippen molar-refractivity contribution in [2.75, 3.05) is 11.1 Å². The van der Waals surface area contributed by atoms with Gasteiger partial charge in [0.25, 0.3) is 0 Å². The molecule has 0 saturated carbocycles. The van der Waals surface area contributed by atoms with Gasteiger partial charge in [-0.05, 0) is 49.2 Å². The van der Waals surface area contributed by atoms with Crippen LogP contribution in [-0.2, 0) is 11.3 Å². The topological polar surface area (TPSA) is 70.7 Å². The molecule has 0 aliphatic heterocycles. The smallest absolute Gasteiger partial charge is 0.235 e. The van der Waals surface area contributed by atoms with Gasteiger partial charge in [-0.15, -0.1) is 11.8 Å². The first-order chi connectivity index (χ1) is 15.5. The fourth-order valence-electron chi connectivity index (χ4n) is 3.61. The third-order valence-corrected chi connectivity index (χ3v) is 6.49. The number of nitriles is 1. The molecule has 5 nitrogen and oxygen atoms in total. The van der Waals surface area contributed by atoms with Crippen molar-refractivity contribution in [3.8, 4) is 6.07 Å². The quantitative estimate of drug-likeness (QED) is 0.402. The highest BCUT2D eigenvalue weighted by Gasteiger charge is 2.20. The molecular weight excluding hydrogens is 423 g/mol. The number of hydrogen-bond donors (Lipinski definition) is 1. The van der Waals surface area contributed by atoms with E-state index in [0.717, 1.165) is 32.6 Å². The predicted molar refractivity (Wildman–Crippen MR) is 125 cm³/mol. The second-order valence-electron chi connectivity index (χ2n) is 7.42. The van der Waals surface area contributed by atoms with Crippen molar-refractivity contribution in [3.05, 3.63) is 89.0 Å². The van der Waals surface area contributed by atoms with Crippen LogP contribution in [0.4, 0.5) is 10.2 Å². The molecule has 0 atom stereocenters. The number of benzene rings is 2. The Labute approximate surface area is 189 Å². The molecule has 2 aromatic carbocycles. The summed E-state index contributed by atoms with van der Waals surface area (Å²) in [5.41, 5.74) is 3.90. The summed E-state index contributed by atoms with van der Waals surface area (Å²) in [4.78, 5) is 18.2. The zero-order valence-electron chi connectivity index (χ0n) is 17.7. The van der Waals surface area contributed by atoms with Crippen LogP contribution in [0.25, 0.3) is 10.9 Å². The third-order valence-electron chi connectivity index (χ3n) is 5.42. The Morgan fingerprint density at radius 1 is 1.16 bits per heavy atom. The molecule has 0 fully saturated rings. The lowest BCUT2D eigenvalue weighted by Gasteiger charge is -2.13. The monoisotopic (exact) mass is 444 g/mol. The molecule has 0 bridgehead atoms. The highest BCUT2D eigenvalue weighted by molar-refractivity contribution is 8.00. The van der Waals surface area contributed by atoms with E-state index in [9.17, 15) is 14.4 Å². The number of fused-ring (bicyclic) bond motifs is 1. The van der Waals surface area contributed by atoms with Gasteiger partial charge in [0.15, 0.2) is 0 Å². The van der Waals surface area contributed by atoms with Crippen molar-refractivity contribution in [1.82, 2.24) is 9.55 Å². The van der Waals surface area contributed by atoms with E-state index in [1.54, 1.807) is 18.3 Å². The number of halogens is 1. The average molecular weight is 445 g/mol. The van der Waals surface area contributed by atoms with Gasteiger partial charge in [-0.25, -0.2) is 4.39 Å². The van der Waals surface area contributed by atoms with Crippen molar-refractivity contribution in [3.63, 3.8) is 0 Å². The van der Waals surface area contributed by atoms with Crippen LogP contribution >= 0.6 is 11.8 Å². The van der Waals surface area contributed by atoms with E-state index in [2.05, 4.69) is 16.4 Å². The minimum absolute atomic E-state index is 0.193. The van der Waals surface area contributed by atoms with Crippen LogP contribution in [-0.4, -0.2) is 21.2 Å². The largest absolute Gasteiger partial charge is 0.326 e. The second kappa shape index (κ2) is 9.25. The number of carbonyl (C=O) groups excluding carboxylic acids is 1. The van der Waals surface area contributed by atoms with Crippen LogP contribution < -0.4 is 5.32 Å². The number of carbonyl (C=O) groups is 1. The molecule has 7 heteroatoms. The summed E-state index contributed by atoms with van der Waals surface area (Å²) < 4.78 is 15.2. The lowest BCUT2D eigenvalue weighted by atomic mass is 10.2. The van der Waals surface area contributed by atoms with Gasteiger partial charge in [0.1, 0.15) is 17.7 Å². The van der Waals surface area contributed by atoms with E-state index in [1.165, 1.54) is 23.9 Å². The minimum atomic E-state index is -0.305. The highest BCUT2D eigenvalue weighted by atomic mass is 32.2. The SMILES string of the molecule is Cc1c(C#N)c(NC(=O)CSc2ccnc3ccccc23)n(Cc2ccc(F)cc2)c1C. The van der Waals surface area contributed by atoms with Gasteiger partial charge < -0.3 is 9.88 Å². The third kappa shape index (κ3) is 4.36. The van der Waals surface area contributed by atoms with Crippen molar-refractivity contribution in [2.24, 2.45) is 0 Å². The van der Waals surface area contributed by atoms with Gasteiger partial charge in [0.2, 0.25) is 5.91 Å². The van der Waals surface area contributed by atoms with Crippen LogP contribution in [0.15, 0.2) is 65.7 Å². The van der Waals surface area contributed by atoms with Gasteiger partial charge in [-0.3, -0.25) is 9.78 Å². The number of nitrogens with one attached hydrogen (secondary N) is 1. The Hall–Kier alpha value is -3.63. The number of anilines is 1. The molecule has 32 heavy (non-hydrogen) atoms. The number of amides is 1. The lowest BCUT2D eigenvalue weighted by molar-refractivity contribution is -0.113. The normalized spacial score (nSPS) is 10.8. The summed E-state index contributed by atoms with van der Waals surface area (Å²) >= 11 is 1.43. The molecular formula is C25H21FN4OS. The molecule has 1 amide bonds. The molecule has 0 radical (unpaired) electrons. The summed E-state index contributed by atoms with van der Waals surface area (Å²) in [6.45, 7) is 4.20. The fraction of sp³-hybridized carbons (Fsp3) is 0.160. The summed E-state index contributed by atoms with van der Waals surface area (Å²) in [5, 5.41) is 13.6. The van der Waals surface area contributed by atoms with Crippen LogP contribution in [0.2, 0.25) is 0 Å². The number of aromatic nitrogens is 2. The van der Waals surface area contributed by atoms with E-state index in [1.807, 2.05) is 48.7 Å². The summed E-state index contributed by atoms with van der Waals surface area (Å²) in [6, 6.07) is 18.1. The first-order valence-electron chi connectivity index (χ1n) is 10.1. The van der Waals surface area contributed by atoms with E-state index < -0.39 is 0 Å². The zero-order chi connectivity index (χ0) is 22.7. The molecule has 0 unspecified atom stereocenters. The Kier molecular flexibility index (Phi) is 6.24. The Morgan fingerprint density at radius 3 is 2.66 bits per heavy atom. The van der Waals surface area contributed by atoms with Crippen LogP contribution in [0.3, 0.4) is 0 Å². The predicted octanol–water partition coefficient (Wildman–Crippen LogP) is 5.44. The van der Waals surface area contributed by atoms with Crippen molar-refractivity contribution >= 4 is 34.4 Å². The number of pyridine rings is 1. The molecule has 160 valence electrons. The Bertz CT molecular complexity index is 1330. The highest BCUT2D eigenvalue weighted by Crippen LogP contribution is 2.29. The van der Waals surface area contributed by atoms with Crippen molar-refractivity contribution in [1.29, 1.82) is 5.26 Å². The maximum absolute atomic E-state index is 13.3. The van der Waals surface area contributed by atoms with Crippen LogP contribution in [0.5, 0.6) is 0 Å². The van der Waals surface area contributed by atoms with E-state index in [4.69, 9.17) is 0 Å². The Morgan fingerprint density at radius 2 is 1.91 bits per heavy atom. The van der Waals surface area contributed by atoms with Crippen molar-refractivity contribution < 1.29 is 9.18 Å². The molecule has 0 aliphatic rings. The number of thioether (sulfide) groups is 1. The summed E-state index contributed by atoms with van der Waals surface area (Å²) in [5.74, 6) is 0.155. The molecule has 4 rings (SSSR count). The maximum Gasteiger partial charge on any atom is 0.235 e. The molecule has 0 aliphatic carbocycles. The molecule has 2 aromatic heterocycles. The van der Waals surface area contributed by atoms with Crippen LogP contribution in [0, 0.1) is 31.0 Å². The van der Waals surface area contributed by atoms with Crippen LogP contribution in [0.1, 0.15) is 22.4 Å². The zero-order valence-corrected chi connectivity index (χ0v) is 18.5. The number of para-hydroxylation sites is 1. The second-order valence-corrected chi connectivity index (χ2v) is 8.44. The maximum atomic E-state index is 13.3. The number of hydrogen-bond acceptors (Lipinski definition) is 4. The van der Waals surface area contributed by atoms with Gasteiger partial charge in [0.05, 0.1) is 16.8 Å². The standard InChI is InChI=1S/C25H21FN4OS/c1-16-17(2)30(14-18-7-9-19(26)10-8-18)25(21(16)13-27)29-24(31)15-32-23-11-12-28-22-6-4-3-5-20(22)23/h3-12H,14-15H2,1-2H3,(H,29,31). The van der Waals surface area contributed by atoms with Gasteiger partial charge >= 0.3 is 0 Å². The van der Waals surface area contributed by atoms with Gasteiger partial charge in [0, 0.05) is 28.7 Å². The number of rotatable bonds is 6. The molecule has 1 N–H and O–H groups in total. The Balaban J connectivity index is 1.56. The first-order valence-corrected chi connectivity index (χ1v) is 11.1. The first kappa shape index (κ1) is 21.6.